The van der Waals surface area contributed by atoms with Crippen LogP contribution in [0.4, 0.5) is 0 Å². The number of hydrogen-bond donors (Lipinski definition) is 1. The van der Waals surface area contributed by atoms with E-state index in [4.69, 9.17) is 0 Å². The van der Waals surface area contributed by atoms with Gasteiger partial charge in [0.2, 0.25) is 0 Å². The van der Waals surface area contributed by atoms with Crippen molar-refractivity contribution in [1.82, 2.24) is 15.1 Å². The minimum Gasteiger partial charge on any atom is -0.316 e. The normalized spacial score (nSPS) is 22.3. The van der Waals surface area contributed by atoms with Gasteiger partial charge < -0.3 is 5.32 Å². The van der Waals surface area contributed by atoms with Crippen LogP contribution < -0.4 is 5.32 Å². The molecular formula is C12H21N3. The minimum atomic E-state index is 0.0916. The Hall–Kier alpha value is -0.830. The third-order valence-electron chi connectivity index (χ3n) is 3.18. The van der Waals surface area contributed by atoms with Crippen LogP contribution in [0.2, 0.25) is 0 Å². The van der Waals surface area contributed by atoms with Gasteiger partial charge in [0.25, 0.3) is 0 Å². The Morgan fingerprint density at radius 1 is 1.47 bits per heavy atom. The predicted molar refractivity (Wildman–Crippen MR) is 62.2 cm³/mol. The number of hydrogen-bond acceptors (Lipinski definition) is 2. The molecule has 15 heavy (non-hydrogen) atoms. The highest BCUT2D eigenvalue weighted by Crippen LogP contribution is 2.27. The summed E-state index contributed by atoms with van der Waals surface area (Å²) >= 11 is 0. The first-order chi connectivity index (χ1) is 7.00. The van der Waals surface area contributed by atoms with Crippen molar-refractivity contribution in [1.29, 1.82) is 0 Å². The average Bonchev–Trinajstić information content (AvgIpc) is 2.69. The summed E-state index contributed by atoms with van der Waals surface area (Å²) in [6.45, 7) is 11.0. The second kappa shape index (κ2) is 3.63. The molecular weight excluding hydrogens is 186 g/mol. The van der Waals surface area contributed by atoms with Crippen molar-refractivity contribution in [3.63, 3.8) is 0 Å². The maximum Gasteiger partial charge on any atom is 0.0546 e. The van der Waals surface area contributed by atoms with E-state index in [0.717, 1.165) is 13.1 Å². The first kappa shape index (κ1) is 10.7. The number of nitrogens with zero attached hydrogens (tertiary/aromatic N) is 2. The first-order valence-electron chi connectivity index (χ1n) is 5.76. The van der Waals surface area contributed by atoms with Gasteiger partial charge in [0.05, 0.1) is 11.7 Å². The van der Waals surface area contributed by atoms with E-state index < -0.39 is 0 Å². The maximum atomic E-state index is 4.52. The zero-order chi connectivity index (χ0) is 11.1. The summed E-state index contributed by atoms with van der Waals surface area (Å²) in [5.74, 6) is 0.668. The van der Waals surface area contributed by atoms with E-state index in [2.05, 4.69) is 49.0 Å². The Bertz CT molecular complexity index is 340. The number of aromatic nitrogens is 2. The van der Waals surface area contributed by atoms with Crippen molar-refractivity contribution in [3.8, 4) is 0 Å². The zero-order valence-electron chi connectivity index (χ0n) is 10.2. The molecule has 0 saturated carbocycles. The molecule has 1 aliphatic heterocycles. The van der Waals surface area contributed by atoms with Crippen LogP contribution in [-0.4, -0.2) is 22.9 Å². The fourth-order valence-corrected chi connectivity index (χ4v) is 2.42. The third-order valence-corrected chi connectivity index (χ3v) is 3.18. The van der Waals surface area contributed by atoms with Crippen molar-refractivity contribution in [2.75, 3.05) is 13.1 Å². The van der Waals surface area contributed by atoms with Crippen LogP contribution in [0.25, 0.3) is 0 Å². The topological polar surface area (TPSA) is 29.9 Å². The van der Waals surface area contributed by atoms with Gasteiger partial charge in [-0.05, 0) is 46.2 Å². The van der Waals surface area contributed by atoms with Gasteiger partial charge in [-0.15, -0.1) is 0 Å². The third kappa shape index (κ3) is 1.93. The van der Waals surface area contributed by atoms with Crippen LogP contribution in [0.3, 0.4) is 0 Å². The molecule has 1 fully saturated rings. The molecule has 1 aromatic rings. The van der Waals surface area contributed by atoms with E-state index in [1.807, 2.05) is 0 Å². The summed E-state index contributed by atoms with van der Waals surface area (Å²) in [6.07, 6.45) is 3.30. The van der Waals surface area contributed by atoms with Gasteiger partial charge in [-0.2, -0.15) is 5.10 Å². The lowest BCUT2D eigenvalue weighted by Crippen LogP contribution is -2.24. The van der Waals surface area contributed by atoms with Crippen LogP contribution in [0.5, 0.6) is 0 Å². The summed E-state index contributed by atoms with van der Waals surface area (Å²) < 4.78 is 2.14. The van der Waals surface area contributed by atoms with E-state index in [1.54, 1.807) is 0 Å². The smallest absolute Gasteiger partial charge is 0.0546 e. The zero-order valence-corrected chi connectivity index (χ0v) is 10.2. The molecule has 1 aromatic heterocycles. The summed E-state index contributed by atoms with van der Waals surface area (Å²) in [6, 6.07) is 0. The molecule has 2 rings (SSSR count). The van der Waals surface area contributed by atoms with Crippen LogP contribution in [-0.2, 0) is 5.54 Å². The second-order valence-electron chi connectivity index (χ2n) is 5.46. The first-order valence-corrected chi connectivity index (χ1v) is 5.76. The summed E-state index contributed by atoms with van der Waals surface area (Å²) in [4.78, 5) is 0. The lowest BCUT2D eigenvalue weighted by atomic mass is 9.99. The Morgan fingerprint density at radius 2 is 2.20 bits per heavy atom. The molecule has 0 aliphatic carbocycles. The van der Waals surface area contributed by atoms with Crippen molar-refractivity contribution in [2.24, 2.45) is 0 Å². The van der Waals surface area contributed by atoms with Crippen molar-refractivity contribution in [3.05, 3.63) is 17.5 Å². The Kier molecular flexibility index (Phi) is 2.59. The molecule has 1 aliphatic rings. The highest BCUT2D eigenvalue weighted by molar-refractivity contribution is 5.23. The van der Waals surface area contributed by atoms with Gasteiger partial charge in [0.15, 0.2) is 0 Å². The standard InChI is InChI=1S/C12H21N3/c1-9-11(10-5-6-13-7-10)8-14-15(9)12(2,3)4/h8,10,13H,5-7H2,1-4H3. The van der Waals surface area contributed by atoms with E-state index in [1.165, 1.54) is 17.7 Å². The largest absolute Gasteiger partial charge is 0.316 e. The molecule has 1 saturated heterocycles. The van der Waals surface area contributed by atoms with E-state index in [0.29, 0.717) is 5.92 Å². The molecule has 3 heteroatoms. The van der Waals surface area contributed by atoms with Gasteiger partial charge >= 0.3 is 0 Å². The van der Waals surface area contributed by atoms with Crippen LogP contribution in [0, 0.1) is 6.92 Å². The summed E-state index contributed by atoms with van der Waals surface area (Å²) in [5.41, 5.74) is 2.85. The van der Waals surface area contributed by atoms with Crippen LogP contribution in [0.15, 0.2) is 6.20 Å². The molecule has 2 heterocycles. The molecule has 0 bridgehead atoms. The predicted octanol–water partition coefficient (Wildman–Crippen LogP) is 2.02. The Morgan fingerprint density at radius 3 is 2.67 bits per heavy atom. The fourth-order valence-electron chi connectivity index (χ4n) is 2.42. The van der Waals surface area contributed by atoms with Crippen LogP contribution in [0.1, 0.15) is 44.4 Å². The highest BCUT2D eigenvalue weighted by Gasteiger charge is 2.24. The van der Waals surface area contributed by atoms with Gasteiger partial charge in [-0.3, -0.25) is 4.68 Å². The van der Waals surface area contributed by atoms with Crippen molar-refractivity contribution < 1.29 is 0 Å². The molecule has 0 spiro atoms. The lowest BCUT2D eigenvalue weighted by molar-refractivity contribution is 0.347. The van der Waals surface area contributed by atoms with E-state index >= 15 is 0 Å². The molecule has 1 unspecified atom stereocenters. The van der Waals surface area contributed by atoms with E-state index in [9.17, 15) is 0 Å². The Labute approximate surface area is 91.9 Å². The summed E-state index contributed by atoms with van der Waals surface area (Å²) in [7, 11) is 0. The highest BCUT2D eigenvalue weighted by atomic mass is 15.3. The number of nitrogens with one attached hydrogen (secondary N) is 1. The molecule has 1 atom stereocenters. The van der Waals surface area contributed by atoms with Gasteiger partial charge in [-0.1, -0.05) is 0 Å². The van der Waals surface area contributed by atoms with Crippen molar-refractivity contribution >= 4 is 0 Å². The second-order valence-corrected chi connectivity index (χ2v) is 5.46. The molecule has 84 valence electrons. The molecule has 0 radical (unpaired) electrons. The maximum absolute atomic E-state index is 4.52. The van der Waals surface area contributed by atoms with E-state index in [-0.39, 0.29) is 5.54 Å². The quantitative estimate of drug-likeness (QED) is 0.763. The van der Waals surface area contributed by atoms with Crippen molar-refractivity contribution in [2.45, 2.75) is 45.6 Å². The molecule has 0 aromatic carbocycles. The molecule has 1 N–H and O–H groups in total. The Balaban J connectivity index is 2.31. The van der Waals surface area contributed by atoms with Crippen LogP contribution >= 0.6 is 0 Å². The van der Waals surface area contributed by atoms with Gasteiger partial charge in [-0.25, -0.2) is 0 Å². The molecule has 3 nitrogen and oxygen atoms in total. The average molecular weight is 207 g/mol. The summed E-state index contributed by atoms with van der Waals surface area (Å²) in [5, 5.41) is 7.93. The monoisotopic (exact) mass is 207 g/mol. The fraction of sp³-hybridized carbons (Fsp3) is 0.750. The molecule has 0 amide bonds. The number of rotatable bonds is 1. The lowest BCUT2D eigenvalue weighted by Gasteiger charge is -2.22. The van der Waals surface area contributed by atoms with Gasteiger partial charge in [0.1, 0.15) is 0 Å². The van der Waals surface area contributed by atoms with Gasteiger partial charge in [0, 0.05) is 18.2 Å². The SMILES string of the molecule is Cc1c(C2CCNC2)cnn1C(C)(C)C. The minimum absolute atomic E-state index is 0.0916.